The van der Waals surface area contributed by atoms with Gasteiger partial charge in [-0.05, 0) is 58.6 Å². The molecule has 0 saturated carbocycles. The fraction of sp³-hybridized carbons (Fsp3) is 0.688. The summed E-state index contributed by atoms with van der Waals surface area (Å²) in [6.45, 7) is 6.64. The number of aryl methyl sites for hydroxylation is 1. The van der Waals surface area contributed by atoms with Gasteiger partial charge in [0.25, 0.3) is 0 Å². The van der Waals surface area contributed by atoms with Crippen molar-refractivity contribution in [2.45, 2.75) is 26.3 Å². The van der Waals surface area contributed by atoms with Gasteiger partial charge in [-0.3, -0.25) is 4.79 Å². The largest absolute Gasteiger partial charge is 0.336 e. The summed E-state index contributed by atoms with van der Waals surface area (Å²) in [4.78, 5) is 19.4. The Bertz CT molecular complexity index is 452. The number of nitrogens with zero attached hydrogens (tertiary/aromatic N) is 2. The van der Waals surface area contributed by atoms with Crippen LogP contribution in [0.4, 0.5) is 0 Å². The van der Waals surface area contributed by atoms with Crippen LogP contribution < -0.4 is 5.32 Å². The van der Waals surface area contributed by atoms with E-state index in [9.17, 15) is 4.79 Å². The topological polar surface area (TPSA) is 35.6 Å². The molecule has 1 aliphatic rings. The zero-order chi connectivity index (χ0) is 15.2. The van der Waals surface area contributed by atoms with Crippen LogP contribution in [0.1, 0.15) is 22.6 Å². The van der Waals surface area contributed by atoms with Crippen LogP contribution in [0, 0.1) is 12.8 Å². The molecule has 1 aliphatic heterocycles. The van der Waals surface area contributed by atoms with Crippen molar-refractivity contribution in [1.82, 2.24) is 15.1 Å². The second-order valence-corrected chi connectivity index (χ2v) is 7.57. The van der Waals surface area contributed by atoms with Gasteiger partial charge in [-0.2, -0.15) is 0 Å². The molecular weight excluding hydrogens is 282 g/mol. The first-order valence-corrected chi connectivity index (χ1v) is 8.55. The molecule has 1 N–H and O–H groups in total. The van der Waals surface area contributed by atoms with E-state index in [4.69, 9.17) is 0 Å². The van der Waals surface area contributed by atoms with Gasteiger partial charge in [0.2, 0.25) is 5.91 Å². The number of thiophene rings is 1. The minimum absolute atomic E-state index is 0.302. The maximum atomic E-state index is 12.6. The normalized spacial score (nSPS) is 18.4. The van der Waals surface area contributed by atoms with Crippen molar-refractivity contribution in [1.29, 1.82) is 0 Å². The first-order chi connectivity index (χ1) is 10.0. The summed E-state index contributed by atoms with van der Waals surface area (Å²) in [6, 6.07) is 4.28. The Kier molecular flexibility index (Phi) is 6.21. The zero-order valence-electron chi connectivity index (χ0n) is 13.4. The van der Waals surface area contributed by atoms with Gasteiger partial charge in [0.15, 0.2) is 0 Å². The molecule has 4 nitrogen and oxygen atoms in total. The summed E-state index contributed by atoms with van der Waals surface area (Å²) in [5, 5.41) is 3.34. The molecule has 1 atom stereocenters. The van der Waals surface area contributed by atoms with Crippen molar-refractivity contribution in [2.24, 2.45) is 5.92 Å². The van der Waals surface area contributed by atoms with E-state index < -0.39 is 0 Å². The smallest absolute Gasteiger partial charge is 0.223 e. The summed E-state index contributed by atoms with van der Waals surface area (Å²) in [5.41, 5.74) is 0. The third-order valence-corrected chi connectivity index (χ3v) is 4.92. The van der Waals surface area contributed by atoms with Crippen molar-refractivity contribution in [3.05, 3.63) is 21.9 Å². The van der Waals surface area contributed by atoms with Crippen LogP contribution in [0.5, 0.6) is 0 Å². The quantitative estimate of drug-likeness (QED) is 0.836. The van der Waals surface area contributed by atoms with Crippen molar-refractivity contribution in [3.8, 4) is 0 Å². The van der Waals surface area contributed by atoms with Gasteiger partial charge >= 0.3 is 0 Å². The predicted molar refractivity (Wildman–Crippen MR) is 88.6 cm³/mol. The van der Waals surface area contributed by atoms with E-state index in [2.05, 4.69) is 43.4 Å². The maximum Gasteiger partial charge on any atom is 0.223 e. The summed E-state index contributed by atoms with van der Waals surface area (Å²) < 4.78 is 0. The monoisotopic (exact) mass is 309 g/mol. The fourth-order valence-electron chi connectivity index (χ4n) is 2.64. The lowest BCUT2D eigenvalue weighted by atomic mass is 10.0. The lowest BCUT2D eigenvalue weighted by Crippen LogP contribution is -2.37. The first kappa shape index (κ1) is 16.5. The molecule has 5 heteroatoms. The third-order valence-electron chi connectivity index (χ3n) is 3.94. The molecule has 0 bridgehead atoms. The Labute approximate surface area is 132 Å². The van der Waals surface area contributed by atoms with Gasteiger partial charge in [0.05, 0.1) is 6.54 Å². The third kappa shape index (κ3) is 5.41. The second kappa shape index (κ2) is 7.92. The molecule has 118 valence electrons. The second-order valence-electron chi connectivity index (χ2n) is 6.19. The fourth-order valence-corrected chi connectivity index (χ4v) is 3.54. The minimum atomic E-state index is 0.302. The molecule has 0 aromatic carbocycles. The van der Waals surface area contributed by atoms with E-state index >= 15 is 0 Å². The molecule has 1 saturated heterocycles. The number of nitrogens with one attached hydrogen (secondary N) is 1. The lowest BCUT2D eigenvalue weighted by Gasteiger charge is -2.25. The van der Waals surface area contributed by atoms with Crippen LogP contribution in [0.15, 0.2) is 12.1 Å². The average molecular weight is 309 g/mol. The van der Waals surface area contributed by atoms with E-state index in [-0.39, 0.29) is 0 Å². The van der Waals surface area contributed by atoms with Gasteiger partial charge in [0, 0.05) is 29.3 Å². The molecule has 0 spiro atoms. The van der Waals surface area contributed by atoms with Gasteiger partial charge in [0.1, 0.15) is 0 Å². The van der Waals surface area contributed by atoms with Crippen LogP contribution in [0.2, 0.25) is 0 Å². The van der Waals surface area contributed by atoms with E-state index in [0.717, 1.165) is 39.1 Å². The molecule has 1 aromatic rings. The first-order valence-electron chi connectivity index (χ1n) is 7.73. The van der Waals surface area contributed by atoms with Crippen molar-refractivity contribution in [2.75, 3.05) is 40.3 Å². The number of hydrogen-bond donors (Lipinski definition) is 1. The SMILES string of the molecule is Cc1ccc(CN(CCN(C)C)C(=O)CC2CCNC2)s1. The van der Waals surface area contributed by atoms with E-state index in [1.165, 1.54) is 9.75 Å². The van der Waals surface area contributed by atoms with Crippen LogP contribution >= 0.6 is 11.3 Å². The maximum absolute atomic E-state index is 12.6. The molecular formula is C16H27N3OS. The van der Waals surface area contributed by atoms with E-state index in [0.29, 0.717) is 18.2 Å². The average Bonchev–Trinajstić information content (AvgIpc) is 3.06. The van der Waals surface area contributed by atoms with Gasteiger partial charge in [-0.1, -0.05) is 0 Å². The summed E-state index contributed by atoms with van der Waals surface area (Å²) >= 11 is 1.79. The molecule has 21 heavy (non-hydrogen) atoms. The van der Waals surface area contributed by atoms with Crippen molar-refractivity contribution < 1.29 is 4.79 Å². The molecule has 2 rings (SSSR count). The number of rotatable bonds is 7. The molecule has 1 amide bonds. The number of carbonyl (C=O) groups is 1. The van der Waals surface area contributed by atoms with E-state index in [1.807, 2.05) is 4.90 Å². The minimum Gasteiger partial charge on any atom is -0.336 e. The van der Waals surface area contributed by atoms with Crippen LogP contribution in [-0.4, -0.2) is 56.0 Å². The number of likely N-dealkylation sites (N-methyl/N-ethyl adjacent to an activating group) is 1. The standard InChI is InChI=1S/C16H27N3OS/c1-13-4-5-15(21-13)12-19(9-8-18(2)3)16(20)10-14-6-7-17-11-14/h4-5,14,17H,6-12H2,1-3H3. The van der Waals surface area contributed by atoms with Crippen molar-refractivity contribution >= 4 is 17.2 Å². The molecule has 2 heterocycles. The van der Waals surface area contributed by atoms with Crippen molar-refractivity contribution in [3.63, 3.8) is 0 Å². The highest BCUT2D eigenvalue weighted by Crippen LogP contribution is 2.19. The Balaban J connectivity index is 1.94. The molecule has 0 aliphatic carbocycles. The molecule has 1 aromatic heterocycles. The summed E-state index contributed by atoms with van der Waals surface area (Å²) in [7, 11) is 4.11. The van der Waals surface area contributed by atoms with Crippen LogP contribution in [-0.2, 0) is 11.3 Å². The predicted octanol–water partition coefficient (Wildman–Crippen LogP) is 1.95. The Morgan fingerprint density at radius 1 is 1.38 bits per heavy atom. The van der Waals surface area contributed by atoms with E-state index in [1.54, 1.807) is 11.3 Å². The number of carbonyl (C=O) groups excluding carboxylic acids is 1. The van der Waals surface area contributed by atoms with Gasteiger partial charge in [-0.25, -0.2) is 0 Å². The summed E-state index contributed by atoms with van der Waals surface area (Å²) in [5.74, 6) is 0.820. The number of hydrogen-bond acceptors (Lipinski definition) is 4. The highest BCUT2D eigenvalue weighted by molar-refractivity contribution is 7.11. The Morgan fingerprint density at radius 2 is 2.19 bits per heavy atom. The zero-order valence-corrected chi connectivity index (χ0v) is 14.2. The van der Waals surface area contributed by atoms with Gasteiger partial charge < -0.3 is 15.1 Å². The summed E-state index contributed by atoms with van der Waals surface area (Å²) in [6.07, 6.45) is 1.82. The van der Waals surface area contributed by atoms with Gasteiger partial charge in [-0.15, -0.1) is 11.3 Å². The molecule has 1 unspecified atom stereocenters. The molecule has 1 fully saturated rings. The van der Waals surface area contributed by atoms with Crippen LogP contribution in [0.3, 0.4) is 0 Å². The lowest BCUT2D eigenvalue weighted by molar-refractivity contribution is -0.132. The highest BCUT2D eigenvalue weighted by Gasteiger charge is 2.22. The number of amides is 1. The molecule has 0 radical (unpaired) electrons. The Hall–Kier alpha value is -0.910. The Morgan fingerprint density at radius 3 is 2.76 bits per heavy atom. The highest BCUT2D eigenvalue weighted by atomic mass is 32.1. The van der Waals surface area contributed by atoms with Crippen LogP contribution in [0.25, 0.3) is 0 Å².